The topological polar surface area (TPSA) is 43.1 Å². The van der Waals surface area contributed by atoms with E-state index in [1.807, 2.05) is 17.5 Å². The molecule has 0 spiro atoms. The molecule has 3 heteroatoms. The van der Waals surface area contributed by atoms with Crippen LogP contribution in [0.1, 0.15) is 4.88 Å². The lowest BCUT2D eigenvalue weighted by atomic mass is 10.4. The van der Waals surface area contributed by atoms with E-state index >= 15 is 0 Å². The lowest BCUT2D eigenvalue weighted by Gasteiger charge is -1.73. The fraction of sp³-hybridized carbons (Fsp3) is 0. The molecular formula is C7H5NOS. The van der Waals surface area contributed by atoms with Gasteiger partial charge in [-0.2, -0.15) is 0 Å². The van der Waals surface area contributed by atoms with Crippen LogP contribution in [0, 0.1) is 11.8 Å². The Balaban J connectivity index is 2.75. The molecule has 0 bridgehead atoms. The van der Waals surface area contributed by atoms with Gasteiger partial charge in [0, 0.05) is 5.92 Å². The van der Waals surface area contributed by atoms with Crippen LogP contribution < -0.4 is 5.73 Å². The van der Waals surface area contributed by atoms with E-state index in [4.69, 9.17) is 5.73 Å². The zero-order valence-corrected chi connectivity index (χ0v) is 5.94. The van der Waals surface area contributed by atoms with Crippen molar-refractivity contribution < 1.29 is 4.79 Å². The van der Waals surface area contributed by atoms with Gasteiger partial charge in [-0.25, -0.2) is 0 Å². The highest BCUT2D eigenvalue weighted by molar-refractivity contribution is 7.10. The fourth-order valence-corrected chi connectivity index (χ4v) is 1.04. The van der Waals surface area contributed by atoms with Crippen molar-refractivity contribution in [2.24, 2.45) is 5.73 Å². The quantitative estimate of drug-likeness (QED) is 0.542. The summed E-state index contributed by atoms with van der Waals surface area (Å²) in [5.41, 5.74) is 4.80. The van der Waals surface area contributed by atoms with Crippen LogP contribution in [0.25, 0.3) is 0 Å². The van der Waals surface area contributed by atoms with Crippen LogP contribution in [0.4, 0.5) is 0 Å². The maximum Gasteiger partial charge on any atom is 0.293 e. The van der Waals surface area contributed by atoms with E-state index in [2.05, 4.69) is 11.8 Å². The molecule has 0 saturated heterocycles. The Morgan fingerprint density at radius 2 is 2.50 bits per heavy atom. The molecule has 2 N–H and O–H groups in total. The standard InChI is InChI=1S/C7H5NOS/c8-7(9)4-3-6-2-1-5-10-6/h1-2,5H,(H2,8,9). The van der Waals surface area contributed by atoms with Crippen LogP contribution in [0.2, 0.25) is 0 Å². The Bertz CT molecular complexity index is 278. The zero-order chi connectivity index (χ0) is 7.40. The predicted molar refractivity (Wildman–Crippen MR) is 40.4 cm³/mol. The maximum absolute atomic E-state index is 10.1. The molecule has 1 rings (SSSR count). The van der Waals surface area contributed by atoms with Crippen molar-refractivity contribution >= 4 is 17.2 Å². The zero-order valence-electron chi connectivity index (χ0n) is 5.13. The summed E-state index contributed by atoms with van der Waals surface area (Å²) >= 11 is 1.48. The number of rotatable bonds is 0. The van der Waals surface area contributed by atoms with Crippen molar-refractivity contribution in [1.82, 2.24) is 0 Å². The van der Waals surface area contributed by atoms with Gasteiger partial charge in [0.25, 0.3) is 5.91 Å². The molecule has 0 radical (unpaired) electrons. The number of hydrogen-bond acceptors (Lipinski definition) is 2. The maximum atomic E-state index is 10.1. The van der Waals surface area contributed by atoms with Gasteiger partial charge in [-0.3, -0.25) is 4.79 Å². The van der Waals surface area contributed by atoms with Crippen LogP contribution in [-0.4, -0.2) is 5.91 Å². The number of carbonyl (C=O) groups is 1. The van der Waals surface area contributed by atoms with E-state index in [0.717, 1.165) is 4.88 Å². The average molecular weight is 151 g/mol. The van der Waals surface area contributed by atoms with Gasteiger partial charge in [0.05, 0.1) is 4.88 Å². The molecule has 1 aromatic heterocycles. The van der Waals surface area contributed by atoms with E-state index in [9.17, 15) is 4.79 Å². The highest BCUT2D eigenvalue weighted by atomic mass is 32.1. The SMILES string of the molecule is NC(=O)C#Cc1cccs1. The lowest BCUT2D eigenvalue weighted by Crippen LogP contribution is -2.05. The number of amides is 1. The first-order chi connectivity index (χ1) is 4.79. The number of hydrogen-bond donors (Lipinski definition) is 1. The first-order valence-corrected chi connectivity index (χ1v) is 3.52. The molecule has 10 heavy (non-hydrogen) atoms. The monoisotopic (exact) mass is 151 g/mol. The van der Waals surface area contributed by atoms with E-state index in [0.29, 0.717) is 0 Å². The van der Waals surface area contributed by atoms with Crippen molar-refractivity contribution in [3.05, 3.63) is 22.4 Å². The van der Waals surface area contributed by atoms with Gasteiger partial charge >= 0.3 is 0 Å². The summed E-state index contributed by atoms with van der Waals surface area (Å²) in [5.74, 6) is 4.28. The molecule has 0 fully saturated rings. The summed E-state index contributed by atoms with van der Waals surface area (Å²) < 4.78 is 0. The fourth-order valence-electron chi connectivity index (χ4n) is 0.473. The number of carbonyl (C=O) groups excluding carboxylic acids is 1. The normalized spacial score (nSPS) is 8.00. The first kappa shape index (κ1) is 6.84. The van der Waals surface area contributed by atoms with Crippen molar-refractivity contribution in [2.45, 2.75) is 0 Å². The Morgan fingerprint density at radius 3 is 3.00 bits per heavy atom. The predicted octanol–water partition coefficient (Wildman–Crippen LogP) is 0.585. The van der Waals surface area contributed by atoms with Crippen LogP contribution in [0.15, 0.2) is 17.5 Å². The highest BCUT2D eigenvalue weighted by Gasteiger charge is 1.84. The van der Waals surface area contributed by atoms with E-state index < -0.39 is 5.91 Å². The molecule has 0 aliphatic heterocycles. The molecule has 2 nitrogen and oxygen atoms in total. The van der Waals surface area contributed by atoms with Crippen molar-refractivity contribution in [3.8, 4) is 11.8 Å². The highest BCUT2D eigenvalue weighted by Crippen LogP contribution is 2.04. The molecule has 0 aromatic carbocycles. The van der Waals surface area contributed by atoms with Crippen LogP contribution in [-0.2, 0) is 4.79 Å². The van der Waals surface area contributed by atoms with Gasteiger partial charge in [0.1, 0.15) is 0 Å². The van der Waals surface area contributed by atoms with Crippen molar-refractivity contribution in [2.75, 3.05) is 0 Å². The molecule has 0 atom stereocenters. The minimum absolute atomic E-state index is 0.589. The molecule has 0 saturated carbocycles. The molecule has 50 valence electrons. The van der Waals surface area contributed by atoms with Gasteiger partial charge in [0.15, 0.2) is 0 Å². The summed E-state index contributed by atoms with van der Waals surface area (Å²) in [5, 5.41) is 1.89. The van der Waals surface area contributed by atoms with Gasteiger partial charge in [-0.05, 0) is 17.4 Å². The molecular weight excluding hydrogens is 146 g/mol. The third-order valence-corrected chi connectivity index (χ3v) is 1.62. The third-order valence-electron chi connectivity index (χ3n) is 0.830. The lowest BCUT2D eigenvalue weighted by molar-refractivity contribution is -0.112. The molecule has 0 unspecified atom stereocenters. The van der Waals surface area contributed by atoms with Crippen LogP contribution in [0.5, 0.6) is 0 Å². The van der Waals surface area contributed by atoms with E-state index in [1.165, 1.54) is 11.3 Å². The van der Waals surface area contributed by atoms with Crippen LogP contribution in [0.3, 0.4) is 0 Å². The summed E-state index contributed by atoms with van der Waals surface area (Å²) in [7, 11) is 0. The molecule has 1 aromatic rings. The average Bonchev–Trinajstić information content (AvgIpc) is 2.34. The van der Waals surface area contributed by atoms with Gasteiger partial charge in [0.2, 0.25) is 0 Å². The Labute approximate surface area is 62.7 Å². The Hall–Kier alpha value is -1.27. The van der Waals surface area contributed by atoms with Gasteiger partial charge in [-0.1, -0.05) is 6.07 Å². The second kappa shape index (κ2) is 3.04. The number of thiophene rings is 1. The Morgan fingerprint density at radius 1 is 1.70 bits per heavy atom. The molecule has 0 aliphatic carbocycles. The molecule has 1 amide bonds. The van der Waals surface area contributed by atoms with E-state index in [1.54, 1.807) is 0 Å². The minimum Gasteiger partial charge on any atom is -0.359 e. The second-order valence-corrected chi connectivity index (χ2v) is 2.54. The largest absolute Gasteiger partial charge is 0.359 e. The van der Waals surface area contributed by atoms with Gasteiger partial charge < -0.3 is 5.73 Å². The number of primary amides is 1. The van der Waals surface area contributed by atoms with E-state index in [-0.39, 0.29) is 0 Å². The van der Waals surface area contributed by atoms with Crippen molar-refractivity contribution in [1.29, 1.82) is 0 Å². The second-order valence-electron chi connectivity index (χ2n) is 1.59. The van der Waals surface area contributed by atoms with Crippen LogP contribution >= 0.6 is 11.3 Å². The first-order valence-electron chi connectivity index (χ1n) is 2.64. The summed E-state index contributed by atoms with van der Waals surface area (Å²) in [6.45, 7) is 0. The smallest absolute Gasteiger partial charge is 0.293 e. The minimum atomic E-state index is -0.589. The van der Waals surface area contributed by atoms with Crippen molar-refractivity contribution in [3.63, 3.8) is 0 Å². The van der Waals surface area contributed by atoms with Gasteiger partial charge in [-0.15, -0.1) is 11.3 Å². The molecule has 0 aliphatic rings. The summed E-state index contributed by atoms with van der Waals surface area (Å²) in [4.78, 5) is 11.0. The molecule has 1 heterocycles. The third kappa shape index (κ3) is 1.92. The Kier molecular flexibility index (Phi) is 2.08. The summed E-state index contributed by atoms with van der Waals surface area (Å²) in [6, 6.07) is 3.70. The summed E-state index contributed by atoms with van der Waals surface area (Å²) in [6.07, 6.45) is 0. The number of nitrogens with two attached hydrogens (primary N) is 1.